The summed E-state index contributed by atoms with van der Waals surface area (Å²) in [4.78, 5) is 26.3. The zero-order valence-electron chi connectivity index (χ0n) is 10.0. The highest BCUT2D eigenvalue weighted by Crippen LogP contribution is 2.21. The molecule has 0 aliphatic rings. The fourth-order valence-corrected chi connectivity index (χ4v) is 1.97. The molecule has 1 heterocycles. The van der Waals surface area contributed by atoms with E-state index in [9.17, 15) is 9.59 Å². The van der Waals surface area contributed by atoms with E-state index in [0.717, 1.165) is 0 Å². The number of urea groups is 1. The number of carboxylic acid groups (broad SMARTS) is 1. The summed E-state index contributed by atoms with van der Waals surface area (Å²) < 4.78 is 0. The van der Waals surface area contributed by atoms with E-state index in [-0.39, 0.29) is 0 Å². The molecule has 8 heteroatoms. The van der Waals surface area contributed by atoms with Crippen molar-refractivity contribution in [3.05, 3.63) is 16.6 Å². The van der Waals surface area contributed by atoms with E-state index in [1.807, 2.05) is 0 Å². The van der Waals surface area contributed by atoms with Crippen LogP contribution in [0.1, 0.15) is 18.9 Å². The van der Waals surface area contributed by atoms with Crippen molar-refractivity contribution in [2.75, 3.05) is 6.61 Å². The lowest BCUT2D eigenvalue weighted by atomic mass is 10.1. The molecule has 1 aromatic heterocycles. The van der Waals surface area contributed by atoms with Gasteiger partial charge in [0, 0.05) is 11.6 Å². The molecule has 0 fully saturated rings. The van der Waals surface area contributed by atoms with E-state index in [0.29, 0.717) is 5.01 Å². The van der Waals surface area contributed by atoms with Crippen molar-refractivity contribution in [2.45, 2.75) is 25.4 Å². The second-order valence-corrected chi connectivity index (χ2v) is 5.03. The van der Waals surface area contributed by atoms with Gasteiger partial charge in [-0.2, -0.15) is 0 Å². The van der Waals surface area contributed by atoms with E-state index in [1.54, 1.807) is 25.4 Å². The summed E-state index contributed by atoms with van der Waals surface area (Å²) in [5.41, 5.74) is -0.712. The second-order valence-electron chi connectivity index (χ2n) is 4.13. The first-order valence-corrected chi connectivity index (χ1v) is 6.07. The maximum Gasteiger partial charge on any atom is 0.328 e. The number of hydrogen-bond donors (Lipinski definition) is 4. The zero-order chi connectivity index (χ0) is 13.8. The predicted molar refractivity (Wildman–Crippen MR) is 65.3 cm³/mol. The van der Waals surface area contributed by atoms with E-state index in [2.05, 4.69) is 15.6 Å². The minimum absolute atomic E-state index is 0.666. The number of carboxylic acids is 1. The number of carbonyl (C=O) groups is 2. The normalized spacial score (nSPS) is 12.8. The highest BCUT2D eigenvalue weighted by atomic mass is 32.1. The van der Waals surface area contributed by atoms with Crippen LogP contribution < -0.4 is 10.6 Å². The van der Waals surface area contributed by atoms with Gasteiger partial charge in [0.2, 0.25) is 0 Å². The number of rotatable bonds is 5. The molecule has 2 amide bonds. The Balaban J connectivity index is 2.62. The molecule has 0 saturated heterocycles. The molecule has 1 aromatic rings. The molecule has 4 N–H and O–H groups in total. The number of carbonyl (C=O) groups excluding carboxylic acids is 1. The summed E-state index contributed by atoms with van der Waals surface area (Å²) in [6.07, 6.45) is 1.62. The van der Waals surface area contributed by atoms with Gasteiger partial charge < -0.3 is 20.8 Å². The lowest BCUT2D eigenvalue weighted by Crippen LogP contribution is -2.52. The van der Waals surface area contributed by atoms with Crippen molar-refractivity contribution in [1.29, 1.82) is 0 Å². The summed E-state index contributed by atoms with van der Waals surface area (Å²) in [6, 6.07) is -1.99. The van der Waals surface area contributed by atoms with Crippen LogP contribution in [0.15, 0.2) is 11.6 Å². The quantitative estimate of drug-likeness (QED) is 0.609. The zero-order valence-corrected chi connectivity index (χ0v) is 10.8. The standard InChI is InChI=1S/C10H15N3O4S/c1-10(2,8-11-3-4-18-8)13-9(17)12-6(5-14)7(15)16/h3-4,6,14H,5H2,1-2H3,(H,15,16)(H2,12,13,17). The minimum atomic E-state index is -1.32. The van der Waals surface area contributed by atoms with E-state index in [1.165, 1.54) is 11.3 Å². The molecule has 1 rings (SSSR count). The van der Waals surface area contributed by atoms with Gasteiger partial charge in [-0.15, -0.1) is 11.3 Å². The van der Waals surface area contributed by atoms with Gasteiger partial charge in [0.25, 0.3) is 0 Å². The van der Waals surface area contributed by atoms with Gasteiger partial charge in [-0.3, -0.25) is 0 Å². The highest BCUT2D eigenvalue weighted by Gasteiger charge is 2.27. The second kappa shape index (κ2) is 5.78. The van der Waals surface area contributed by atoms with Gasteiger partial charge in [0.15, 0.2) is 6.04 Å². The number of nitrogens with one attached hydrogen (secondary N) is 2. The number of thiazole rings is 1. The monoisotopic (exact) mass is 273 g/mol. The number of aliphatic hydroxyl groups is 1. The van der Waals surface area contributed by atoms with Crippen LogP contribution in [0.4, 0.5) is 4.79 Å². The van der Waals surface area contributed by atoms with E-state index in [4.69, 9.17) is 10.2 Å². The molecule has 0 radical (unpaired) electrons. The van der Waals surface area contributed by atoms with Crippen molar-refractivity contribution in [2.24, 2.45) is 0 Å². The predicted octanol–water partition coefficient (Wildman–Crippen LogP) is 0.123. The van der Waals surface area contributed by atoms with Crippen LogP contribution in [0.3, 0.4) is 0 Å². The van der Waals surface area contributed by atoms with Crippen molar-refractivity contribution in [3.63, 3.8) is 0 Å². The molecule has 0 spiro atoms. The molecule has 100 valence electrons. The van der Waals surface area contributed by atoms with Crippen LogP contribution in [0.5, 0.6) is 0 Å². The lowest BCUT2D eigenvalue weighted by molar-refractivity contribution is -0.140. The van der Waals surface area contributed by atoms with Crippen LogP contribution in [0.25, 0.3) is 0 Å². The number of aromatic nitrogens is 1. The Morgan fingerprint density at radius 3 is 2.67 bits per heavy atom. The number of hydrogen-bond acceptors (Lipinski definition) is 5. The van der Waals surface area contributed by atoms with Crippen LogP contribution >= 0.6 is 11.3 Å². The van der Waals surface area contributed by atoms with Crippen molar-refractivity contribution < 1.29 is 19.8 Å². The molecule has 0 aromatic carbocycles. The largest absolute Gasteiger partial charge is 0.480 e. The number of nitrogens with zero attached hydrogens (tertiary/aromatic N) is 1. The molecule has 1 atom stereocenters. The average Bonchev–Trinajstić information content (AvgIpc) is 2.78. The highest BCUT2D eigenvalue weighted by molar-refractivity contribution is 7.09. The summed E-state index contributed by atoms with van der Waals surface area (Å²) >= 11 is 1.38. The van der Waals surface area contributed by atoms with Crippen LogP contribution in [0, 0.1) is 0 Å². The SMILES string of the molecule is CC(C)(NC(=O)NC(CO)C(=O)O)c1nccs1. The Bertz CT molecular complexity index is 419. The maximum atomic E-state index is 11.6. The molecule has 0 bridgehead atoms. The third-order valence-corrected chi connectivity index (χ3v) is 3.28. The Morgan fingerprint density at radius 2 is 2.22 bits per heavy atom. The molecular weight excluding hydrogens is 258 g/mol. The summed E-state index contributed by atoms with van der Waals surface area (Å²) in [5, 5.41) is 24.7. The first-order chi connectivity index (χ1) is 8.36. The summed E-state index contributed by atoms with van der Waals surface area (Å²) in [7, 11) is 0. The van der Waals surface area contributed by atoms with Crippen LogP contribution in [-0.4, -0.2) is 39.8 Å². The van der Waals surface area contributed by atoms with E-state index < -0.39 is 30.2 Å². The lowest BCUT2D eigenvalue weighted by Gasteiger charge is -2.24. The third kappa shape index (κ3) is 3.67. The molecular formula is C10H15N3O4S. The Labute approximate surface area is 108 Å². The van der Waals surface area contributed by atoms with Crippen LogP contribution in [0.2, 0.25) is 0 Å². The topological polar surface area (TPSA) is 112 Å². The molecule has 1 unspecified atom stereocenters. The fourth-order valence-electron chi connectivity index (χ4n) is 1.25. The summed E-state index contributed by atoms with van der Waals surface area (Å²) in [5.74, 6) is -1.29. The third-order valence-electron chi connectivity index (χ3n) is 2.18. The van der Waals surface area contributed by atoms with Gasteiger partial charge in [0.05, 0.1) is 12.1 Å². The Kier molecular flexibility index (Phi) is 4.62. The van der Waals surface area contributed by atoms with Crippen molar-refractivity contribution >= 4 is 23.3 Å². The van der Waals surface area contributed by atoms with Crippen molar-refractivity contribution in [1.82, 2.24) is 15.6 Å². The van der Waals surface area contributed by atoms with Crippen molar-refractivity contribution in [3.8, 4) is 0 Å². The molecule has 0 aliphatic heterocycles. The van der Waals surface area contributed by atoms with Crippen LogP contribution in [-0.2, 0) is 10.3 Å². The smallest absolute Gasteiger partial charge is 0.328 e. The Morgan fingerprint density at radius 1 is 1.56 bits per heavy atom. The number of amides is 2. The van der Waals surface area contributed by atoms with Gasteiger partial charge in [-0.05, 0) is 13.8 Å². The van der Waals surface area contributed by atoms with Gasteiger partial charge >= 0.3 is 12.0 Å². The van der Waals surface area contributed by atoms with E-state index >= 15 is 0 Å². The molecule has 18 heavy (non-hydrogen) atoms. The number of aliphatic carboxylic acids is 1. The first kappa shape index (κ1) is 14.4. The molecule has 7 nitrogen and oxygen atoms in total. The van der Waals surface area contributed by atoms with Gasteiger partial charge in [-0.25, -0.2) is 14.6 Å². The number of aliphatic hydroxyl groups excluding tert-OH is 1. The fraction of sp³-hybridized carbons (Fsp3) is 0.500. The van der Waals surface area contributed by atoms with Gasteiger partial charge in [0.1, 0.15) is 5.01 Å². The average molecular weight is 273 g/mol. The first-order valence-electron chi connectivity index (χ1n) is 5.19. The Hall–Kier alpha value is -1.67. The molecule has 0 saturated carbocycles. The molecule has 0 aliphatic carbocycles. The summed E-state index contributed by atoms with van der Waals surface area (Å²) in [6.45, 7) is 2.83. The van der Waals surface area contributed by atoms with Gasteiger partial charge in [-0.1, -0.05) is 0 Å². The maximum absolute atomic E-state index is 11.6. The minimum Gasteiger partial charge on any atom is -0.480 e.